The average molecular weight is 364 g/mol. The second-order valence-electron chi connectivity index (χ2n) is 5.47. The molecule has 0 atom stereocenters. The van der Waals surface area contributed by atoms with Crippen LogP contribution in [0, 0.1) is 6.92 Å². The molecule has 116 valence electrons. The third kappa shape index (κ3) is 3.50. The van der Waals surface area contributed by atoms with Gasteiger partial charge in [0.2, 0.25) is 5.91 Å². The largest absolute Gasteiger partial charge is 0.360 e. The van der Waals surface area contributed by atoms with E-state index in [0.29, 0.717) is 6.42 Å². The molecule has 1 fully saturated rings. The Bertz CT molecular complexity index is 646. The van der Waals surface area contributed by atoms with Gasteiger partial charge in [-0.3, -0.25) is 4.79 Å². The average Bonchev–Trinajstić information content (AvgIpc) is 2.96. The lowest BCUT2D eigenvalue weighted by molar-refractivity contribution is -0.130. The summed E-state index contributed by atoms with van der Waals surface area (Å²) in [5.74, 6) is 1.85. The van der Waals surface area contributed by atoms with Crippen LogP contribution < -0.4 is 4.90 Å². The number of rotatable bonds is 3. The lowest BCUT2D eigenvalue weighted by Gasteiger charge is -2.34. The van der Waals surface area contributed by atoms with Crippen molar-refractivity contribution in [3.05, 3.63) is 46.1 Å². The Kier molecular flexibility index (Phi) is 4.47. The van der Waals surface area contributed by atoms with E-state index in [9.17, 15) is 4.79 Å². The van der Waals surface area contributed by atoms with Gasteiger partial charge in [-0.25, -0.2) is 0 Å². The quantitative estimate of drug-likeness (QED) is 0.840. The van der Waals surface area contributed by atoms with Gasteiger partial charge < -0.3 is 14.3 Å². The van der Waals surface area contributed by atoms with Gasteiger partial charge in [0.1, 0.15) is 5.76 Å². The van der Waals surface area contributed by atoms with Crippen molar-refractivity contribution in [2.75, 3.05) is 31.1 Å². The molecule has 2 aromatic rings. The summed E-state index contributed by atoms with van der Waals surface area (Å²) in [6.45, 7) is 4.91. The molecule has 0 saturated carbocycles. The highest BCUT2D eigenvalue weighted by Crippen LogP contribution is 2.17. The summed E-state index contributed by atoms with van der Waals surface area (Å²) in [6.07, 6.45) is 0.455. The number of hydrogen-bond donors (Lipinski definition) is 0. The van der Waals surface area contributed by atoms with Crippen LogP contribution in [0.25, 0.3) is 0 Å². The highest BCUT2D eigenvalue weighted by molar-refractivity contribution is 9.10. The fraction of sp³-hybridized carbons (Fsp3) is 0.375. The van der Waals surface area contributed by atoms with Crippen molar-refractivity contribution in [1.82, 2.24) is 10.1 Å². The van der Waals surface area contributed by atoms with E-state index in [0.717, 1.165) is 47.8 Å². The molecular formula is C16H18BrN3O2. The number of carbonyl (C=O) groups excluding carboxylic acids is 1. The van der Waals surface area contributed by atoms with Crippen molar-refractivity contribution in [2.24, 2.45) is 0 Å². The molecule has 0 unspecified atom stereocenters. The molecule has 1 aliphatic heterocycles. The standard InChI is InChI=1S/C16H18BrN3O2/c1-12-10-15(18-22-12)19-6-8-20(9-7-19)16(21)11-13-2-4-14(17)5-3-13/h2-5,10H,6-9,11H2,1H3. The molecule has 1 amide bonds. The lowest BCUT2D eigenvalue weighted by atomic mass is 10.1. The highest BCUT2D eigenvalue weighted by Gasteiger charge is 2.22. The molecule has 22 heavy (non-hydrogen) atoms. The Morgan fingerprint density at radius 1 is 1.23 bits per heavy atom. The fourth-order valence-corrected chi connectivity index (χ4v) is 2.84. The first-order valence-electron chi connectivity index (χ1n) is 7.32. The summed E-state index contributed by atoms with van der Waals surface area (Å²) in [6, 6.07) is 9.83. The highest BCUT2D eigenvalue weighted by atomic mass is 79.9. The third-order valence-corrected chi connectivity index (χ3v) is 4.37. The first-order valence-corrected chi connectivity index (χ1v) is 8.11. The van der Waals surface area contributed by atoms with E-state index < -0.39 is 0 Å². The Hall–Kier alpha value is -1.82. The molecule has 1 aliphatic rings. The van der Waals surface area contributed by atoms with Gasteiger partial charge in [0.05, 0.1) is 6.42 Å². The van der Waals surface area contributed by atoms with Crippen molar-refractivity contribution >= 4 is 27.7 Å². The SMILES string of the molecule is Cc1cc(N2CCN(C(=O)Cc3ccc(Br)cc3)CC2)no1. The molecule has 5 nitrogen and oxygen atoms in total. The normalized spacial score (nSPS) is 15.2. The molecule has 1 aromatic carbocycles. The molecule has 1 saturated heterocycles. The Morgan fingerprint density at radius 2 is 1.91 bits per heavy atom. The van der Waals surface area contributed by atoms with Gasteiger partial charge >= 0.3 is 0 Å². The Morgan fingerprint density at radius 3 is 2.50 bits per heavy atom. The van der Waals surface area contributed by atoms with Crippen molar-refractivity contribution < 1.29 is 9.32 Å². The molecular weight excluding hydrogens is 346 g/mol. The molecule has 3 rings (SSSR count). The molecule has 6 heteroatoms. The zero-order valence-corrected chi connectivity index (χ0v) is 14.0. The molecule has 0 N–H and O–H groups in total. The molecule has 2 heterocycles. The van der Waals surface area contributed by atoms with Crippen LogP contribution in [-0.2, 0) is 11.2 Å². The number of halogens is 1. The zero-order valence-electron chi connectivity index (χ0n) is 12.5. The van der Waals surface area contributed by atoms with E-state index in [1.165, 1.54) is 0 Å². The van der Waals surface area contributed by atoms with Crippen molar-refractivity contribution in [3.63, 3.8) is 0 Å². The number of aromatic nitrogens is 1. The predicted octanol–water partition coefficient (Wildman–Crippen LogP) is 2.64. The number of nitrogens with zero attached hydrogens (tertiary/aromatic N) is 3. The summed E-state index contributed by atoms with van der Waals surface area (Å²) in [5.41, 5.74) is 1.04. The molecule has 1 aromatic heterocycles. The second-order valence-corrected chi connectivity index (χ2v) is 6.38. The maximum absolute atomic E-state index is 12.4. The van der Waals surface area contributed by atoms with E-state index in [4.69, 9.17) is 4.52 Å². The predicted molar refractivity (Wildman–Crippen MR) is 87.9 cm³/mol. The van der Waals surface area contributed by atoms with Crippen LogP contribution >= 0.6 is 15.9 Å². The van der Waals surface area contributed by atoms with Crippen molar-refractivity contribution in [2.45, 2.75) is 13.3 Å². The third-order valence-electron chi connectivity index (χ3n) is 3.84. The van der Waals surface area contributed by atoms with Crippen LogP contribution in [0.1, 0.15) is 11.3 Å². The van der Waals surface area contributed by atoms with Gasteiger partial charge in [0, 0.05) is 36.7 Å². The van der Waals surface area contributed by atoms with Crippen LogP contribution in [0.2, 0.25) is 0 Å². The van der Waals surface area contributed by atoms with Gasteiger partial charge in [-0.05, 0) is 24.6 Å². The van der Waals surface area contributed by atoms with Crippen LogP contribution in [0.15, 0.2) is 39.3 Å². The van der Waals surface area contributed by atoms with E-state index in [1.54, 1.807) is 0 Å². The van der Waals surface area contributed by atoms with Crippen LogP contribution in [0.4, 0.5) is 5.82 Å². The number of anilines is 1. The number of piperazine rings is 1. The summed E-state index contributed by atoms with van der Waals surface area (Å²) in [4.78, 5) is 16.4. The number of carbonyl (C=O) groups is 1. The van der Waals surface area contributed by atoms with Crippen molar-refractivity contribution in [1.29, 1.82) is 0 Å². The zero-order chi connectivity index (χ0) is 15.5. The Labute approximate surface area is 138 Å². The topological polar surface area (TPSA) is 49.6 Å². The van der Waals surface area contributed by atoms with Gasteiger partial charge in [-0.15, -0.1) is 0 Å². The number of benzene rings is 1. The summed E-state index contributed by atoms with van der Waals surface area (Å²) in [7, 11) is 0. The van der Waals surface area contributed by atoms with E-state index >= 15 is 0 Å². The van der Waals surface area contributed by atoms with Crippen LogP contribution in [0.5, 0.6) is 0 Å². The van der Waals surface area contributed by atoms with Gasteiger partial charge in [-0.2, -0.15) is 0 Å². The van der Waals surface area contributed by atoms with E-state index in [2.05, 4.69) is 26.0 Å². The maximum Gasteiger partial charge on any atom is 0.227 e. The first-order chi connectivity index (χ1) is 10.6. The maximum atomic E-state index is 12.4. The molecule has 0 aliphatic carbocycles. The van der Waals surface area contributed by atoms with Gasteiger partial charge in [-0.1, -0.05) is 33.2 Å². The fourth-order valence-electron chi connectivity index (χ4n) is 2.58. The Balaban J connectivity index is 1.54. The van der Waals surface area contributed by atoms with E-state index in [-0.39, 0.29) is 5.91 Å². The minimum Gasteiger partial charge on any atom is -0.360 e. The van der Waals surface area contributed by atoms with Crippen LogP contribution in [-0.4, -0.2) is 42.1 Å². The lowest BCUT2D eigenvalue weighted by Crippen LogP contribution is -2.49. The van der Waals surface area contributed by atoms with Crippen LogP contribution in [0.3, 0.4) is 0 Å². The van der Waals surface area contributed by atoms with Gasteiger partial charge in [0.25, 0.3) is 0 Å². The molecule has 0 bridgehead atoms. The summed E-state index contributed by atoms with van der Waals surface area (Å²) >= 11 is 3.40. The number of aryl methyl sites for hydroxylation is 1. The number of amides is 1. The van der Waals surface area contributed by atoms with E-state index in [1.807, 2.05) is 42.2 Å². The van der Waals surface area contributed by atoms with Gasteiger partial charge in [0.15, 0.2) is 5.82 Å². The monoisotopic (exact) mass is 363 g/mol. The molecule has 0 spiro atoms. The minimum atomic E-state index is 0.179. The second kappa shape index (κ2) is 6.52. The minimum absolute atomic E-state index is 0.179. The van der Waals surface area contributed by atoms with Crippen molar-refractivity contribution in [3.8, 4) is 0 Å². The first kappa shape index (κ1) is 15.1. The molecule has 0 radical (unpaired) electrons. The summed E-state index contributed by atoms with van der Waals surface area (Å²) < 4.78 is 6.13. The number of hydrogen-bond acceptors (Lipinski definition) is 4. The summed E-state index contributed by atoms with van der Waals surface area (Å²) in [5, 5.41) is 4.03. The smallest absolute Gasteiger partial charge is 0.227 e.